The summed E-state index contributed by atoms with van der Waals surface area (Å²) in [5.41, 5.74) is 6.72. The second kappa shape index (κ2) is 5.48. The monoisotopic (exact) mass is 222 g/mol. The Morgan fingerprint density at radius 1 is 1.25 bits per heavy atom. The molecule has 3 heteroatoms. The molecule has 2 N–H and O–H groups in total. The molecule has 0 bridgehead atoms. The van der Waals surface area contributed by atoms with E-state index < -0.39 is 0 Å². The maximum Gasteiger partial charge on any atom is 0.195 e. The summed E-state index contributed by atoms with van der Waals surface area (Å²) in [4.78, 5) is 4.62. The van der Waals surface area contributed by atoms with Crippen LogP contribution in [-0.4, -0.2) is 11.5 Å². The van der Waals surface area contributed by atoms with Crippen LogP contribution in [-0.2, 0) is 6.42 Å². The fraction of sp³-hybridized carbons (Fsp3) is 0.769. The molecular weight excluding hydrogens is 200 g/mol. The van der Waals surface area contributed by atoms with Gasteiger partial charge in [0.25, 0.3) is 0 Å². The summed E-state index contributed by atoms with van der Waals surface area (Å²) >= 11 is 0. The van der Waals surface area contributed by atoms with E-state index in [1.165, 1.54) is 44.2 Å². The molecule has 1 aromatic rings. The minimum Gasteiger partial charge on any atom is -0.446 e. The summed E-state index contributed by atoms with van der Waals surface area (Å²) in [6.07, 6.45) is 8.73. The Kier molecular flexibility index (Phi) is 3.99. The van der Waals surface area contributed by atoms with Gasteiger partial charge in [0.2, 0.25) is 0 Å². The average Bonchev–Trinajstić information content (AvgIpc) is 2.52. The summed E-state index contributed by atoms with van der Waals surface area (Å²) in [5, 5.41) is 0. The molecule has 1 aliphatic carbocycles. The first kappa shape index (κ1) is 11.6. The topological polar surface area (TPSA) is 52.0 Å². The van der Waals surface area contributed by atoms with Crippen molar-refractivity contribution < 1.29 is 4.42 Å². The SMILES string of the molecule is Cc1oc(CCN)nc1C1CCCCCC1. The van der Waals surface area contributed by atoms with Crippen molar-refractivity contribution in [1.29, 1.82) is 0 Å². The molecule has 0 saturated heterocycles. The first-order valence-corrected chi connectivity index (χ1v) is 6.47. The number of oxazole rings is 1. The highest BCUT2D eigenvalue weighted by atomic mass is 16.4. The van der Waals surface area contributed by atoms with Crippen molar-refractivity contribution in [3.05, 3.63) is 17.3 Å². The van der Waals surface area contributed by atoms with Crippen LogP contribution in [0.15, 0.2) is 4.42 Å². The van der Waals surface area contributed by atoms with Crippen molar-refractivity contribution >= 4 is 0 Å². The summed E-state index contributed by atoms with van der Waals surface area (Å²) in [7, 11) is 0. The average molecular weight is 222 g/mol. The van der Waals surface area contributed by atoms with Crippen LogP contribution in [0.5, 0.6) is 0 Å². The number of nitrogens with zero attached hydrogens (tertiary/aromatic N) is 1. The third-order valence-corrected chi connectivity index (χ3v) is 3.48. The normalized spacial score (nSPS) is 18.6. The molecule has 16 heavy (non-hydrogen) atoms. The molecule has 90 valence electrons. The highest BCUT2D eigenvalue weighted by Crippen LogP contribution is 2.32. The lowest BCUT2D eigenvalue weighted by atomic mass is 9.96. The molecule has 0 aromatic carbocycles. The Hall–Kier alpha value is -0.830. The lowest BCUT2D eigenvalue weighted by Crippen LogP contribution is -2.04. The smallest absolute Gasteiger partial charge is 0.195 e. The molecule has 1 aromatic heterocycles. The third kappa shape index (κ3) is 2.64. The molecule has 0 atom stereocenters. The van der Waals surface area contributed by atoms with Gasteiger partial charge in [0.1, 0.15) is 5.76 Å². The lowest BCUT2D eigenvalue weighted by Gasteiger charge is -2.10. The molecular formula is C13H22N2O. The van der Waals surface area contributed by atoms with Gasteiger partial charge in [0.05, 0.1) is 5.69 Å². The number of rotatable bonds is 3. The second-order valence-electron chi connectivity index (χ2n) is 4.78. The first-order chi connectivity index (χ1) is 7.81. The molecule has 0 aliphatic heterocycles. The van der Waals surface area contributed by atoms with Crippen molar-refractivity contribution in [2.45, 2.75) is 57.8 Å². The van der Waals surface area contributed by atoms with Crippen LogP contribution < -0.4 is 5.73 Å². The van der Waals surface area contributed by atoms with Crippen molar-refractivity contribution in [3.8, 4) is 0 Å². The zero-order valence-electron chi connectivity index (χ0n) is 10.2. The fourth-order valence-electron chi connectivity index (χ4n) is 2.63. The van der Waals surface area contributed by atoms with Crippen LogP contribution in [0.2, 0.25) is 0 Å². The molecule has 0 radical (unpaired) electrons. The van der Waals surface area contributed by atoms with Gasteiger partial charge in [-0.3, -0.25) is 0 Å². The Morgan fingerprint density at radius 2 is 1.94 bits per heavy atom. The summed E-state index contributed by atoms with van der Waals surface area (Å²) < 4.78 is 5.66. The maximum atomic E-state index is 5.66. The van der Waals surface area contributed by atoms with Gasteiger partial charge in [-0.05, 0) is 19.8 Å². The Morgan fingerprint density at radius 3 is 2.56 bits per heavy atom. The van der Waals surface area contributed by atoms with E-state index in [9.17, 15) is 0 Å². The van der Waals surface area contributed by atoms with Gasteiger partial charge in [-0.2, -0.15) is 0 Å². The van der Waals surface area contributed by atoms with Crippen LogP contribution in [0.1, 0.15) is 61.8 Å². The molecule has 2 rings (SSSR count). The summed E-state index contributed by atoms with van der Waals surface area (Å²) in [6.45, 7) is 2.65. The van der Waals surface area contributed by atoms with E-state index in [-0.39, 0.29) is 0 Å². The minimum absolute atomic E-state index is 0.615. The van der Waals surface area contributed by atoms with E-state index in [1.807, 2.05) is 6.92 Å². The van der Waals surface area contributed by atoms with Gasteiger partial charge < -0.3 is 10.2 Å². The van der Waals surface area contributed by atoms with E-state index in [0.717, 1.165) is 18.1 Å². The minimum atomic E-state index is 0.615. The lowest BCUT2D eigenvalue weighted by molar-refractivity contribution is 0.468. The van der Waals surface area contributed by atoms with Gasteiger partial charge in [0.15, 0.2) is 5.89 Å². The molecule has 0 unspecified atom stereocenters. The predicted molar refractivity (Wildman–Crippen MR) is 64.4 cm³/mol. The summed E-state index contributed by atoms with van der Waals surface area (Å²) in [5.74, 6) is 2.45. The molecule has 1 fully saturated rings. The number of aryl methyl sites for hydroxylation is 1. The Bertz CT molecular complexity index is 325. The standard InChI is InChI=1S/C13H22N2O/c1-10-13(15-12(16-10)8-9-14)11-6-4-2-3-5-7-11/h11H,2-9,14H2,1H3. The van der Waals surface area contributed by atoms with Gasteiger partial charge in [-0.1, -0.05) is 25.7 Å². The first-order valence-electron chi connectivity index (χ1n) is 6.47. The van der Waals surface area contributed by atoms with Crippen LogP contribution in [0.4, 0.5) is 0 Å². The fourth-order valence-corrected chi connectivity index (χ4v) is 2.63. The van der Waals surface area contributed by atoms with Crippen LogP contribution in [0.25, 0.3) is 0 Å². The quantitative estimate of drug-likeness (QED) is 0.800. The maximum absolute atomic E-state index is 5.66. The Labute approximate surface area is 97.4 Å². The zero-order chi connectivity index (χ0) is 11.4. The molecule has 0 amide bonds. The van der Waals surface area contributed by atoms with E-state index in [2.05, 4.69) is 4.98 Å². The molecule has 3 nitrogen and oxygen atoms in total. The number of aromatic nitrogens is 1. The number of nitrogens with two attached hydrogens (primary N) is 1. The Balaban J connectivity index is 2.11. The number of hydrogen-bond acceptors (Lipinski definition) is 3. The van der Waals surface area contributed by atoms with Crippen molar-refractivity contribution in [2.75, 3.05) is 6.54 Å². The zero-order valence-corrected chi connectivity index (χ0v) is 10.2. The van der Waals surface area contributed by atoms with Crippen LogP contribution in [0, 0.1) is 6.92 Å². The molecule has 1 aliphatic rings. The highest BCUT2D eigenvalue weighted by Gasteiger charge is 2.20. The highest BCUT2D eigenvalue weighted by molar-refractivity contribution is 5.14. The van der Waals surface area contributed by atoms with E-state index in [1.54, 1.807) is 0 Å². The van der Waals surface area contributed by atoms with Gasteiger partial charge >= 0.3 is 0 Å². The molecule has 1 saturated carbocycles. The molecule has 0 spiro atoms. The van der Waals surface area contributed by atoms with Crippen molar-refractivity contribution in [1.82, 2.24) is 4.98 Å². The van der Waals surface area contributed by atoms with E-state index >= 15 is 0 Å². The summed E-state index contributed by atoms with van der Waals surface area (Å²) in [6, 6.07) is 0. The van der Waals surface area contributed by atoms with E-state index in [4.69, 9.17) is 10.2 Å². The van der Waals surface area contributed by atoms with Crippen LogP contribution >= 0.6 is 0 Å². The van der Waals surface area contributed by atoms with Crippen LogP contribution in [0.3, 0.4) is 0 Å². The van der Waals surface area contributed by atoms with E-state index in [0.29, 0.717) is 12.5 Å². The van der Waals surface area contributed by atoms with Gasteiger partial charge in [0, 0.05) is 18.9 Å². The van der Waals surface area contributed by atoms with Gasteiger partial charge in [-0.25, -0.2) is 4.98 Å². The van der Waals surface area contributed by atoms with Crippen molar-refractivity contribution in [2.24, 2.45) is 5.73 Å². The largest absolute Gasteiger partial charge is 0.446 e. The van der Waals surface area contributed by atoms with Crippen molar-refractivity contribution in [3.63, 3.8) is 0 Å². The second-order valence-corrected chi connectivity index (χ2v) is 4.78. The predicted octanol–water partition coefficient (Wildman–Crippen LogP) is 2.92. The number of hydrogen-bond donors (Lipinski definition) is 1. The third-order valence-electron chi connectivity index (χ3n) is 3.48. The molecule has 1 heterocycles. The van der Waals surface area contributed by atoms with Gasteiger partial charge in [-0.15, -0.1) is 0 Å².